The number of fused-ring (bicyclic) bond motifs is 1. The highest BCUT2D eigenvalue weighted by Gasteiger charge is 2.26. The SMILES string of the molecule is C=CCc1c(-c2cccc3ccccc23)oc(C)c1C(OC)c1ccccc1. The molecule has 140 valence electrons. The van der Waals surface area contributed by atoms with Crippen LogP contribution in [0.2, 0.25) is 0 Å². The first-order valence-corrected chi connectivity index (χ1v) is 9.53. The topological polar surface area (TPSA) is 22.4 Å². The first-order valence-electron chi connectivity index (χ1n) is 9.53. The largest absolute Gasteiger partial charge is 0.461 e. The molecule has 0 bridgehead atoms. The van der Waals surface area contributed by atoms with Gasteiger partial charge in [-0.2, -0.15) is 0 Å². The zero-order valence-electron chi connectivity index (χ0n) is 16.3. The van der Waals surface area contributed by atoms with Crippen LogP contribution in [-0.4, -0.2) is 7.11 Å². The van der Waals surface area contributed by atoms with Gasteiger partial charge < -0.3 is 9.15 Å². The van der Waals surface area contributed by atoms with Crippen LogP contribution in [0.5, 0.6) is 0 Å². The number of hydrogen-bond acceptors (Lipinski definition) is 2. The average Bonchev–Trinajstić information content (AvgIpc) is 3.05. The molecule has 3 aromatic carbocycles. The van der Waals surface area contributed by atoms with Crippen LogP contribution in [0.3, 0.4) is 0 Å². The molecule has 4 rings (SSSR count). The van der Waals surface area contributed by atoms with Gasteiger partial charge in [0.1, 0.15) is 17.6 Å². The van der Waals surface area contributed by atoms with Gasteiger partial charge in [-0.05, 0) is 29.7 Å². The van der Waals surface area contributed by atoms with Gasteiger partial charge in [-0.3, -0.25) is 0 Å². The van der Waals surface area contributed by atoms with Gasteiger partial charge in [-0.1, -0.05) is 78.9 Å². The van der Waals surface area contributed by atoms with Crippen molar-refractivity contribution in [1.82, 2.24) is 0 Å². The lowest BCUT2D eigenvalue weighted by atomic mass is 9.92. The number of ether oxygens (including phenoxy) is 1. The number of methoxy groups -OCH3 is 1. The summed E-state index contributed by atoms with van der Waals surface area (Å²) in [5, 5.41) is 2.38. The number of aryl methyl sites for hydroxylation is 1. The van der Waals surface area contributed by atoms with Crippen LogP contribution in [0.25, 0.3) is 22.1 Å². The molecule has 0 fully saturated rings. The molecule has 0 spiro atoms. The Balaban J connectivity index is 1.95. The van der Waals surface area contributed by atoms with Gasteiger partial charge in [-0.15, -0.1) is 6.58 Å². The van der Waals surface area contributed by atoms with E-state index in [9.17, 15) is 0 Å². The highest BCUT2D eigenvalue weighted by Crippen LogP contribution is 2.41. The number of hydrogen-bond donors (Lipinski definition) is 0. The summed E-state index contributed by atoms with van der Waals surface area (Å²) in [6.07, 6.45) is 2.47. The molecule has 0 aliphatic carbocycles. The van der Waals surface area contributed by atoms with Crippen molar-refractivity contribution in [3.05, 3.63) is 108 Å². The second-order valence-electron chi connectivity index (χ2n) is 6.93. The molecular formula is C26H24O2. The molecule has 4 aromatic rings. The van der Waals surface area contributed by atoms with E-state index in [1.807, 2.05) is 31.2 Å². The summed E-state index contributed by atoms with van der Waals surface area (Å²) in [4.78, 5) is 0. The zero-order chi connectivity index (χ0) is 19.5. The Morgan fingerprint density at radius 2 is 1.68 bits per heavy atom. The van der Waals surface area contributed by atoms with E-state index in [0.29, 0.717) is 0 Å². The minimum Gasteiger partial charge on any atom is -0.461 e. The first-order chi connectivity index (χ1) is 13.7. The van der Waals surface area contributed by atoms with Crippen LogP contribution in [0, 0.1) is 6.92 Å². The van der Waals surface area contributed by atoms with Crippen molar-refractivity contribution in [1.29, 1.82) is 0 Å². The lowest BCUT2D eigenvalue weighted by Crippen LogP contribution is -2.06. The fourth-order valence-corrected chi connectivity index (χ4v) is 3.98. The van der Waals surface area contributed by atoms with Gasteiger partial charge in [0, 0.05) is 23.8 Å². The van der Waals surface area contributed by atoms with E-state index in [2.05, 4.69) is 61.2 Å². The number of allylic oxidation sites excluding steroid dienone is 1. The van der Waals surface area contributed by atoms with Crippen molar-refractivity contribution in [2.75, 3.05) is 7.11 Å². The van der Waals surface area contributed by atoms with Gasteiger partial charge in [0.05, 0.1) is 0 Å². The van der Waals surface area contributed by atoms with Crippen LogP contribution in [0.15, 0.2) is 89.9 Å². The number of furan rings is 1. The van der Waals surface area contributed by atoms with Crippen molar-refractivity contribution in [2.45, 2.75) is 19.4 Å². The highest BCUT2D eigenvalue weighted by atomic mass is 16.5. The molecule has 28 heavy (non-hydrogen) atoms. The lowest BCUT2D eigenvalue weighted by molar-refractivity contribution is 0.134. The Bertz CT molecular complexity index is 1100. The third kappa shape index (κ3) is 3.17. The van der Waals surface area contributed by atoms with Crippen molar-refractivity contribution < 1.29 is 9.15 Å². The molecule has 1 heterocycles. The van der Waals surface area contributed by atoms with Crippen LogP contribution in [-0.2, 0) is 11.2 Å². The molecule has 0 amide bonds. The van der Waals surface area contributed by atoms with Crippen molar-refractivity contribution in [3.63, 3.8) is 0 Å². The average molecular weight is 368 g/mol. The fraction of sp³-hybridized carbons (Fsp3) is 0.154. The first kappa shape index (κ1) is 18.3. The molecule has 0 aliphatic rings. The standard InChI is InChI=1S/C26H24O2/c1-4-11-23-24(25(27-3)20-13-6-5-7-14-20)18(2)28-26(23)22-17-10-15-19-12-8-9-16-21(19)22/h4-10,12-17,25H,1,11H2,2-3H3. The van der Waals surface area contributed by atoms with E-state index in [4.69, 9.17) is 9.15 Å². The molecule has 2 heteroatoms. The van der Waals surface area contributed by atoms with E-state index in [0.717, 1.165) is 40.2 Å². The summed E-state index contributed by atoms with van der Waals surface area (Å²) in [7, 11) is 1.75. The molecule has 2 nitrogen and oxygen atoms in total. The minimum absolute atomic E-state index is 0.177. The molecule has 1 unspecified atom stereocenters. The summed E-state index contributed by atoms with van der Waals surface area (Å²) in [6, 6.07) is 25.0. The van der Waals surface area contributed by atoms with E-state index in [-0.39, 0.29) is 6.10 Å². The predicted molar refractivity (Wildman–Crippen MR) is 116 cm³/mol. The summed E-state index contributed by atoms with van der Waals surface area (Å²) < 4.78 is 12.3. The monoisotopic (exact) mass is 368 g/mol. The normalized spacial score (nSPS) is 12.2. The van der Waals surface area contributed by atoms with Crippen LogP contribution >= 0.6 is 0 Å². The van der Waals surface area contributed by atoms with Crippen molar-refractivity contribution >= 4 is 10.8 Å². The number of benzene rings is 3. The maximum Gasteiger partial charge on any atom is 0.138 e. The molecule has 1 atom stereocenters. The predicted octanol–water partition coefficient (Wildman–Crippen LogP) is 6.87. The van der Waals surface area contributed by atoms with Gasteiger partial charge in [0.25, 0.3) is 0 Å². The van der Waals surface area contributed by atoms with Crippen molar-refractivity contribution in [3.8, 4) is 11.3 Å². The summed E-state index contributed by atoms with van der Waals surface area (Å²) in [6.45, 7) is 6.00. The van der Waals surface area contributed by atoms with Gasteiger partial charge >= 0.3 is 0 Å². The maximum atomic E-state index is 6.37. The quantitative estimate of drug-likeness (QED) is 0.346. The molecule has 0 saturated heterocycles. The lowest BCUT2D eigenvalue weighted by Gasteiger charge is -2.17. The smallest absolute Gasteiger partial charge is 0.138 e. The Labute approximate surface area is 166 Å². The van der Waals surface area contributed by atoms with Crippen LogP contribution < -0.4 is 0 Å². The second kappa shape index (κ2) is 7.87. The Morgan fingerprint density at radius 3 is 2.43 bits per heavy atom. The van der Waals surface area contributed by atoms with Crippen LogP contribution in [0.1, 0.15) is 28.6 Å². The molecule has 0 saturated carbocycles. The third-order valence-electron chi connectivity index (χ3n) is 5.22. The van der Waals surface area contributed by atoms with Gasteiger partial charge in [-0.25, -0.2) is 0 Å². The van der Waals surface area contributed by atoms with Gasteiger partial charge in [0.2, 0.25) is 0 Å². The van der Waals surface area contributed by atoms with E-state index < -0.39 is 0 Å². The molecule has 0 aliphatic heterocycles. The zero-order valence-corrected chi connectivity index (χ0v) is 16.3. The summed E-state index contributed by atoms with van der Waals surface area (Å²) in [5.74, 6) is 1.79. The fourth-order valence-electron chi connectivity index (χ4n) is 3.98. The van der Waals surface area contributed by atoms with E-state index in [1.165, 1.54) is 10.8 Å². The Morgan fingerprint density at radius 1 is 0.964 bits per heavy atom. The van der Waals surface area contributed by atoms with E-state index in [1.54, 1.807) is 7.11 Å². The molecular weight excluding hydrogens is 344 g/mol. The molecule has 1 aromatic heterocycles. The third-order valence-corrected chi connectivity index (χ3v) is 5.22. The van der Waals surface area contributed by atoms with Crippen molar-refractivity contribution in [2.24, 2.45) is 0 Å². The summed E-state index contributed by atoms with van der Waals surface area (Å²) in [5.41, 5.74) is 4.45. The van der Waals surface area contributed by atoms with Crippen LogP contribution in [0.4, 0.5) is 0 Å². The van der Waals surface area contributed by atoms with E-state index >= 15 is 0 Å². The Kier molecular flexibility index (Phi) is 5.14. The molecule has 0 N–H and O–H groups in total. The summed E-state index contributed by atoms with van der Waals surface area (Å²) >= 11 is 0. The minimum atomic E-state index is -0.177. The maximum absolute atomic E-state index is 6.37. The number of rotatable bonds is 6. The van der Waals surface area contributed by atoms with Gasteiger partial charge in [0.15, 0.2) is 0 Å². The highest BCUT2D eigenvalue weighted by molar-refractivity contribution is 5.96. The Hall–Kier alpha value is -3.10. The second-order valence-corrected chi connectivity index (χ2v) is 6.93. The molecule has 0 radical (unpaired) electrons.